The molecule has 23 rings (SSSR count). The SMILES string of the molecule is C=C(C)C(=O)OC12CC3CC(CC(C3)C1CC#N)C2.C=C(C)C(=O)OC12CC3CC(CC(O)(C3)C1)C2.C=C(C)C(=O)OC12CC3CC(CC(OCCO)(C3)C1)C2.C=C(C)C(=O)OC12CC3CC(O)(CC(O)(C3)C1)C2.C=C(C)C(=O)OCC(=O)OC12CC3CC(CC(O)(C3)C1)C2.C=C(C)C(=O)OCCO.C=C(C)c1ccc(O)cc1.C=C(C)c1ccc2cc(O)ccc2c1. The minimum Gasteiger partial charge on any atom is -0.508 e. The summed E-state index contributed by atoms with van der Waals surface area (Å²) in [7, 11) is 0. The second kappa shape index (κ2) is 39.9. The molecule has 3 aromatic carbocycles. The van der Waals surface area contributed by atoms with Crippen LogP contribution in [-0.2, 0) is 71.5 Å². The predicted molar refractivity (Wildman–Crippen MR) is 483 cm³/mol. The Kier molecular flexibility index (Phi) is 31.1. The molecule has 20 bridgehead atoms. The Bertz CT molecular complexity index is 4710. The number of benzene rings is 3. The van der Waals surface area contributed by atoms with E-state index in [1.807, 2.05) is 44.2 Å². The largest absolute Gasteiger partial charge is 0.508 e. The fourth-order valence-electron chi connectivity index (χ4n) is 26.3. The van der Waals surface area contributed by atoms with Crippen LogP contribution in [0.5, 0.6) is 11.5 Å². The number of rotatable bonds is 21. The molecule has 20 fully saturated rings. The van der Waals surface area contributed by atoms with E-state index in [9.17, 15) is 59.1 Å². The highest BCUT2D eigenvalue weighted by Gasteiger charge is 2.67. The Hall–Kier alpha value is -9.06. The standard InChI is InChI=1S/C16H21NO2.C16H22O5.C16H24O4.C14H20O4.C14H20O3.C13H12O.C9H10O.C6H10O3/c1-10(2)15(18)19-16-8-11-5-12(9-16)7-13(6-11)14(16)3-4-17;1-10(2)14(18)20-8-13(17)21-16-6-11-3-12(7-16)5-15(19,4-11)9-16;1-11(2)14(18)20-16-8-12-5-13(9-16)7-15(6-12,10-16)19-4-3-17;1-9(2)11(15)18-14-5-10-3-12(16,7-14)6-13(17,4-10)8-14;1-9(2)12(15)17-14-6-10-3-11(7-14)5-13(16,4-10)8-14;1-9(2)10-3-4-12-8-13(14)6-5-11(12)7-10;1-7(2)8-3-5-9(10)6-4-8;1-5(2)6(8)9-4-3-7/h11-14H,1,3,5-9H2,2H3;11-12,19H,1,3-9H2,2H3;12-13,17H,1,3-10H2,2H3;10,16-17H,1,3-8H2,2H3;10-11,16H,1,3-8H2,2H3;3-8,14H,1H2,2H3;3-6,10H,1H2,2H3;7H,1,3-4H2,2H3. The van der Waals surface area contributed by atoms with Gasteiger partial charge in [-0.15, -0.1) is 0 Å². The van der Waals surface area contributed by atoms with Gasteiger partial charge in [-0.05, 0) is 314 Å². The Morgan fingerprint density at radius 3 is 1.16 bits per heavy atom. The van der Waals surface area contributed by atoms with Gasteiger partial charge in [0, 0.05) is 84.3 Å². The van der Waals surface area contributed by atoms with Gasteiger partial charge >= 0.3 is 41.8 Å². The van der Waals surface area contributed by atoms with E-state index in [1.165, 1.54) is 39.0 Å². The van der Waals surface area contributed by atoms with E-state index in [4.69, 9.17) is 53.7 Å². The molecule has 0 radical (unpaired) electrons. The molecule has 0 aromatic heterocycles. The minimum atomic E-state index is -0.858. The van der Waals surface area contributed by atoms with Gasteiger partial charge < -0.3 is 78.7 Å². The summed E-state index contributed by atoms with van der Waals surface area (Å²) < 4.78 is 43.9. The van der Waals surface area contributed by atoms with Crippen LogP contribution in [0, 0.1) is 76.4 Å². The van der Waals surface area contributed by atoms with Crippen LogP contribution in [0.15, 0.2) is 147 Å². The number of ether oxygens (including phenoxy) is 8. The lowest BCUT2D eigenvalue weighted by Gasteiger charge is -2.62. The summed E-state index contributed by atoms with van der Waals surface area (Å²) in [4.78, 5) is 81.1. The van der Waals surface area contributed by atoms with Gasteiger partial charge in [-0.25, -0.2) is 33.6 Å². The number of fused-ring (bicyclic) bond motifs is 1. The van der Waals surface area contributed by atoms with Crippen molar-refractivity contribution in [2.45, 2.75) is 304 Å². The van der Waals surface area contributed by atoms with Gasteiger partial charge in [0.25, 0.3) is 0 Å². The highest BCUT2D eigenvalue weighted by molar-refractivity contribution is 5.91. The summed E-state index contributed by atoms with van der Waals surface area (Å²) in [5, 5.41) is 88.8. The van der Waals surface area contributed by atoms with Crippen LogP contribution in [0.4, 0.5) is 0 Å². The van der Waals surface area contributed by atoms with Crippen LogP contribution in [0.1, 0.15) is 259 Å². The lowest BCUT2D eigenvalue weighted by atomic mass is 9.49. The normalized spacial score (nSPS) is 35.0. The number of nitriles is 1. The molecule has 0 spiro atoms. The first kappa shape index (κ1) is 99.5. The average Bonchev–Trinajstić information content (AvgIpc) is 0.703. The number of carbonyl (C=O) groups excluding carboxylic acids is 7. The van der Waals surface area contributed by atoms with Gasteiger partial charge in [0.05, 0.1) is 53.9 Å². The molecule has 20 saturated carbocycles. The molecule has 24 heteroatoms. The first-order valence-electron chi connectivity index (χ1n) is 45.9. The molecule has 20 aliphatic rings. The number of aliphatic hydroxyl groups excluding tert-OH is 2. The fourth-order valence-corrected chi connectivity index (χ4v) is 26.3. The van der Waals surface area contributed by atoms with Crippen LogP contribution >= 0.6 is 0 Å². The van der Waals surface area contributed by atoms with E-state index in [-0.39, 0.29) is 78.5 Å². The highest BCUT2D eigenvalue weighted by atomic mass is 16.6. The maximum absolute atomic E-state index is 12.0. The Labute approximate surface area is 755 Å². The molecular formula is C104H139NO23. The third kappa shape index (κ3) is 24.8. The average molecular weight is 1770 g/mol. The zero-order chi connectivity index (χ0) is 93.7. The smallest absolute Gasteiger partial charge is 0.344 e. The van der Waals surface area contributed by atoms with Gasteiger partial charge in [0.2, 0.25) is 0 Å². The number of hydrogen-bond donors (Lipinski definition) is 8. The minimum absolute atomic E-state index is 0.0473. The number of allylic oxidation sites excluding steroid dienone is 2. The molecule has 0 heterocycles. The fraction of sp³-hybridized carbons (Fsp3) is 0.615. The highest BCUT2D eigenvalue weighted by Crippen LogP contribution is 2.65. The second-order valence-electron chi connectivity index (χ2n) is 41.9. The number of phenols is 2. The van der Waals surface area contributed by atoms with Gasteiger partial charge in [0.1, 0.15) is 46.1 Å². The summed E-state index contributed by atoms with van der Waals surface area (Å²) in [6.45, 7) is 42.7. The monoisotopic (exact) mass is 1770 g/mol. The lowest BCUT2D eigenvalue weighted by molar-refractivity contribution is -0.260. The summed E-state index contributed by atoms with van der Waals surface area (Å²) in [5.74, 6) is 3.42. The third-order valence-electron chi connectivity index (χ3n) is 29.1. The lowest BCUT2D eigenvalue weighted by Crippen LogP contribution is -2.66. The number of aliphatic hydroxyl groups is 6. The first-order valence-corrected chi connectivity index (χ1v) is 45.9. The number of esters is 7. The number of carbonyl (C=O) groups is 7. The Balaban J connectivity index is 0.000000144. The summed E-state index contributed by atoms with van der Waals surface area (Å²) >= 11 is 0. The first-order chi connectivity index (χ1) is 60.0. The van der Waals surface area contributed by atoms with Crippen molar-refractivity contribution >= 4 is 63.7 Å². The van der Waals surface area contributed by atoms with Crippen molar-refractivity contribution in [1.29, 1.82) is 5.26 Å². The second-order valence-corrected chi connectivity index (χ2v) is 41.9. The van der Waals surface area contributed by atoms with Crippen molar-refractivity contribution in [1.82, 2.24) is 0 Å². The maximum Gasteiger partial charge on any atom is 0.344 e. The van der Waals surface area contributed by atoms with Gasteiger partial charge in [0.15, 0.2) is 6.61 Å². The zero-order valence-corrected chi connectivity index (χ0v) is 76.7. The molecule has 698 valence electrons. The molecule has 11 atom stereocenters. The van der Waals surface area contributed by atoms with E-state index in [2.05, 4.69) is 69.5 Å². The number of hydrogen-bond acceptors (Lipinski definition) is 24. The number of phenolic OH excluding ortho intramolecular Hbond substituents is 2. The van der Waals surface area contributed by atoms with Crippen molar-refractivity contribution in [2.24, 2.45) is 65.1 Å². The molecule has 8 N–H and O–H groups in total. The quantitative estimate of drug-likeness (QED) is 0.0279. The van der Waals surface area contributed by atoms with E-state index in [1.54, 1.807) is 58.9 Å². The third-order valence-corrected chi connectivity index (χ3v) is 29.1. The number of nitrogens with zero attached hydrogens (tertiary/aromatic N) is 1. The van der Waals surface area contributed by atoms with Gasteiger partial charge in [-0.3, -0.25) is 0 Å². The van der Waals surface area contributed by atoms with Crippen LogP contribution < -0.4 is 0 Å². The molecule has 0 saturated heterocycles. The van der Waals surface area contributed by atoms with Crippen LogP contribution in [0.3, 0.4) is 0 Å². The summed E-state index contributed by atoms with van der Waals surface area (Å²) in [6, 6.07) is 20.8. The molecule has 24 nitrogen and oxygen atoms in total. The molecule has 11 unspecified atom stereocenters. The van der Waals surface area contributed by atoms with E-state index in [0.717, 1.165) is 155 Å². The molecule has 20 aliphatic carbocycles. The zero-order valence-electron chi connectivity index (χ0n) is 76.7. The van der Waals surface area contributed by atoms with Gasteiger partial charge in [-0.2, -0.15) is 5.26 Å². The molecule has 128 heavy (non-hydrogen) atoms. The van der Waals surface area contributed by atoms with E-state index < -0.39 is 63.1 Å². The van der Waals surface area contributed by atoms with Crippen LogP contribution in [-0.4, -0.2) is 172 Å². The van der Waals surface area contributed by atoms with E-state index >= 15 is 0 Å². The maximum atomic E-state index is 12.0. The van der Waals surface area contributed by atoms with Crippen molar-refractivity contribution in [3.05, 3.63) is 158 Å². The van der Waals surface area contributed by atoms with E-state index in [0.29, 0.717) is 138 Å². The van der Waals surface area contributed by atoms with Crippen molar-refractivity contribution < 1.29 is 112 Å². The van der Waals surface area contributed by atoms with Crippen LogP contribution in [0.25, 0.3) is 21.9 Å². The molecule has 3 aromatic rings. The topological polar surface area (TPSA) is 379 Å². The summed E-state index contributed by atoms with van der Waals surface area (Å²) in [5.41, 5.74) is 1.16. The molecule has 0 aliphatic heterocycles. The van der Waals surface area contributed by atoms with Gasteiger partial charge in [-0.1, -0.05) is 94.1 Å². The Morgan fingerprint density at radius 2 is 0.727 bits per heavy atom. The Morgan fingerprint density at radius 1 is 0.367 bits per heavy atom. The van der Waals surface area contributed by atoms with Crippen molar-refractivity contribution in [3.63, 3.8) is 0 Å². The molecule has 0 amide bonds. The summed E-state index contributed by atoms with van der Waals surface area (Å²) in [6.07, 6.45) is 26.3. The van der Waals surface area contributed by atoms with Crippen molar-refractivity contribution in [2.75, 3.05) is 33.0 Å². The van der Waals surface area contributed by atoms with Crippen LogP contribution in [0.2, 0.25) is 0 Å². The van der Waals surface area contributed by atoms with Crippen molar-refractivity contribution in [3.8, 4) is 17.6 Å². The number of aromatic hydroxyl groups is 2. The predicted octanol–water partition coefficient (Wildman–Crippen LogP) is 16.7. The molecular weight excluding hydrogens is 1630 g/mol.